The van der Waals surface area contributed by atoms with Crippen LogP contribution in [-0.4, -0.2) is 18.1 Å². The maximum atomic E-state index is 12.6. The summed E-state index contributed by atoms with van der Waals surface area (Å²) in [4.78, 5) is 24.8. The topological polar surface area (TPSA) is 59.2 Å². The van der Waals surface area contributed by atoms with E-state index < -0.39 is 29.9 Å². The molecule has 1 heterocycles. The van der Waals surface area contributed by atoms with E-state index in [2.05, 4.69) is 9.72 Å². The van der Waals surface area contributed by atoms with Crippen LogP contribution in [0, 0.1) is 3.70 Å². The summed E-state index contributed by atoms with van der Waals surface area (Å²) >= 11 is 1.72. The van der Waals surface area contributed by atoms with Crippen molar-refractivity contribution in [3.05, 3.63) is 31.2 Å². The Balaban J connectivity index is 3.24. The van der Waals surface area contributed by atoms with Crippen molar-refractivity contribution in [2.24, 2.45) is 0 Å². The van der Waals surface area contributed by atoms with Gasteiger partial charge in [-0.05, 0) is 22.6 Å². The molecule has 0 saturated heterocycles. The van der Waals surface area contributed by atoms with E-state index in [1.807, 2.05) is 0 Å². The van der Waals surface area contributed by atoms with Crippen molar-refractivity contribution in [2.45, 2.75) is 12.8 Å². The summed E-state index contributed by atoms with van der Waals surface area (Å²) in [5.41, 5.74) is -1.37. The highest BCUT2D eigenvalue weighted by Gasteiger charge is 2.19. The second kappa shape index (κ2) is 5.37. The van der Waals surface area contributed by atoms with Gasteiger partial charge in [-0.25, -0.2) is 8.78 Å². The molecule has 0 aliphatic heterocycles. The lowest BCUT2D eigenvalue weighted by atomic mass is 10.1. The molecule has 1 N–H and O–H groups in total. The van der Waals surface area contributed by atoms with Crippen molar-refractivity contribution in [1.29, 1.82) is 0 Å². The monoisotopic (exact) mass is 343 g/mol. The zero-order chi connectivity index (χ0) is 12.3. The van der Waals surface area contributed by atoms with E-state index in [0.717, 1.165) is 13.2 Å². The first kappa shape index (κ1) is 13.1. The molecular formula is C9H8F2INO3. The number of hydrogen-bond donors (Lipinski definition) is 1. The molecule has 0 spiro atoms. The first-order valence-corrected chi connectivity index (χ1v) is 5.30. The predicted octanol–water partition coefficient (Wildman–Crippen LogP) is 1.63. The summed E-state index contributed by atoms with van der Waals surface area (Å²) < 4.78 is 29.9. The lowest BCUT2D eigenvalue weighted by Gasteiger charge is -2.07. The number of carbonyl (C=O) groups is 1. The number of hydrogen-bond acceptors (Lipinski definition) is 3. The third-order valence-electron chi connectivity index (χ3n) is 1.90. The van der Waals surface area contributed by atoms with E-state index in [0.29, 0.717) is 3.70 Å². The molecule has 0 aliphatic carbocycles. The van der Waals surface area contributed by atoms with Crippen molar-refractivity contribution >= 4 is 28.6 Å². The third-order valence-corrected chi connectivity index (χ3v) is 2.48. The molecule has 4 nitrogen and oxygen atoms in total. The van der Waals surface area contributed by atoms with E-state index in [1.54, 1.807) is 22.6 Å². The second-order valence-electron chi connectivity index (χ2n) is 2.93. The normalized spacial score (nSPS) is 10.6. The number of alkyl halides is 2. The number of esters is 1. The average molecular weight is 343 g/mol. The lowest BCUT2D eigenvalue weighted by molar-refractivity contribution is -0.139. The Bertz CT molecular complexity index is 459. The number of aromatic nitrogens is 1. The summed E-state index contributed by atoms with van der Waals surface area (Å²) in [6, 6.07) is 1.16. The molecule has 7 heteroatoms. The second-order valence-corrected chi connectivity index (χ2v) is 4.09. The van der Waals surface area contributed by atoms with Gasteiger partial charge in [-0.3, -0.25) is 9.59 Å². The van der Waals surface area contributed by atoms with E-state index in [4.69, 9.17) is 0 Å². The van der Waals surface area contributed by atoms with Gasteiger partial charge < -0.3 is 9.72 Å². The average Bonchev–Trinajstić information content (AvgIpc) is 2.20. The van der Waals surface area contributed by atoms with Crippen LogP contribution < -0.4 is 5.43 Å². The number of aromatic amines is 1. The molecule has 0 bridgehead atoms. The summed E-state index contributed by atoms with van der Waals surface area (Å²) in [6.07, 6.45) is -3.29. The molecule has 1 aromatic rings. The Kier molecular flexibility index (Phi) is 4.39. The highest BCUT2D eigenvalue weighted by Crippen LogP contribution is 2.20. The number of methoxy groups -OCH3 is 1. The number of pyridine rings is 1. The molecular weight excluding hydrogens is 335 g/mol. The molecule has 0 amide bonds. The molecule has 0 radical (unpaired) electrons. The van der Waals surface area contributed by atoms with Crippen LogP contribution in [0.4, 0.5) is 8.78 Å². The van der Waals surface area contributed by atoms with Gasteiger partial charge in [0.2, 0.25) is 0 Å². The number of carbonyl (C=O) groups excluding carboxylic acids is 1. The minimum absolute atomic E-state index is 0.248. The van der Waals surface area contributed by atoms with Gasteiger partial charge in [-0.2, -0.15) is 0 Å². The smallest absolute Gasteiger partial charge is 0.310 e. The summed E-state index contributed by atoms with van der Waals surface area (Å²) in [7, 11) is 1.13. The molecule has 1 rings (SSSR count). The van der Waals surface area contributed by atoms with E-state index in [9.17, 15) is 18.4 Å². The first-order valence-electron chi connectivity index (χ1n) is 4.22. The molecule has 0 saturated carbocycles. The van der Waals surface area contributed by atoms with E-state index in [1.165, 1.54) is 0 Å². The standard InChI is InChI=1S/C9H8F2INO3/c1-16-7(15)2-4-5(14)3-6(12)13-8(4)9(10)11/h3,9H,2H2,1H3,(H,13,14). The van der Waals surface area contributed by atoms with Crippen LogP contribution >= 0.6 is 22.6 Å². The van der Waals surface area contributed by atoms with Gasteiger partial charge in [-0.1, -0.05) is 0 Å². The zero-order valence-corrected chi connectivity index (χ0v) is 10.4. The van der Waals surface area contributed by atoms with Crippen molar-refractivity contribution in [1.82, 2.24) is 4.98 Å². The SMILES string of the molecule is COC(=O)Cc1c(C(F)F)[nH]c(I)cc1=O. The van der Waals surface area contributed by atoms with Crippen LogP contribution in [0.15, 0.2) is 10.9 Å². The molecule has 16 heavy (non-hydrogen) atoms. The quantitative estimate of drug-likeness (QED) is 0.516. The van der Waals surface area contributed by atoms with E-state index in [-0.39, 0.29) is 5.56 Å². The number of rotatable bonds is 3. The van der Waals surface area contributed by atoms with Crippen LogP contribution in [0.2, 0.25) is 0 Å². The maximum absolute atomic E-state index is 12.6. The molecule has 88 valence electrons. The largest absolute Gasteiger partial charge is 0.469 e. The van der Waals surface area contributed by atoms with Crippen LogP contribution in [0.1, 0.15) is 17.7 Å². The van der Waals surface area contributed by atoms with Crippen LogP contribution in [0.25, 0.3) is 0 Å². The minimum atomic E-state index is -2.83. The Morgan fingerprint density at radius 1 is 1.62 bits per heavy atom. The van der Waals surface area contributed by atoms with Crippen LogP contribution in [0.3, 0.4) is 0 Å². The number of H-pyrrole nitrogens is 1. The molecule has 0 aliphatic rings. The van der Waals surface area contributed by atoms with Crippen molar-refractivity contribution in [3.63, 3.8) is 0 Å². The fourth-order valence-electron chi connectivity index (χ4n) is 1.16. The van der Waals surface area contributed by atoms with Gasteiger partial charge in [0.1, 0.15) is 0 Å². The van der Waals surface area contributed by atoms with Gasteiger partial charge in [0.15, 0.2) is 5.43 Å². The fourth-order valence-corrected chi connectivity index (χ4v) is 1.73. The predicted molar refractivity (Wildman–Crippen MR) is 60.5 cm³/mol. The summed E-state index contributed by atoms with van der Waals surface area (Å²) in [5, 5.41) is 0. The van der Waals surface area contributed by atoms with Crippen molar-refractivity contribution in [2.75, 3.05) is 7.11 Å². The zero-order valence-electron chi connectivity index (χ0n) is 8.22. The lowest BCUT2D eigenvalue weighted by Crippen LogP contribution is -2.19. The minimum Gasteiger partial charge on any atom is -0.469 e. The summed E-state index contributed by atoms with van der Waals surface area (Å²) in [5.74, 6) is -0.728. The van der Waals surface area contributed by atoms with Gasteiger partial charge in [0.25, 0.3) is 6.43 Å². The Hall–Kier alpha value is -0.990. The molecule has 0 unspecified atom stereocenters. The Morgan fingerprint density at radius 2 is 2.25 bits per heavy atom. The highest BCUT2D eigenvalue weighted by molar-refractivity contribution is 14.1. The van der Waals surface area contributed by atoms with Crippen molar-refractivity contribution in [3.8, 4) is 0 Å². The maximum Gasteiger partial charge on any atom is 0.310 e. The molecule has 1 aromatic heterocycles. The fraction of sp³-hybridized carbons (Fsp3) is 0.333. The Morgan fingerprint density at radius 3 is 2.75 bits per heavy atom. The molecule has 0 aromatic carbocycles. The third kappa shape index (κ3) is 3.00. The number of nitrogens with one attached hydrogen (secondary N) is 1. The highest BCUT2D eigenvalue weighted by atomic mass is 127. The van der Waals surface area contributed by atoms with Gasteiger partial charge in [-0.15, -0.1) is 0 Å². The van der Waals surface area contributed by atoms with E-state index >= 15 is 0 Å². The summed E-state index contributed by atoms with van der Waals surface area (Å²) in [6.45, 7) is 0. The first-order chi connectivity index (χ1) is 7.45. The van der Waals surface area contributed by atoms with Gasteiger partial charge in [0, 0.05) is 11.6 Å². The van der Waals surface area contributed by atoms with Crippen LogP contribution in [0.5, 0.6) is 0 Å². The molecule has 0 atom stereocenters. The van der Waals surface area contributed by atoms with Gasteiger partial charge >= 0.3 is 5.97 Å². The number of ether oxygens (including phenoxy) is 1. The Labute approximate surface area is 103 Å². The molecule has 0 fully saturated rings. The van der Waals surface area contributed by atoms with Crippen LogP contribution in [-0.2, 0) is 16.0 Å². The number of halogens is 3. The van der Waals surface area contributed by atoms with Gasteiger partial charge in [0.05, 0.1) is 22.9 Å². The van der Waals surface area contributed by atoms with Crippen molar-refractivity contribution < 1.29 is 18.3 Å².